The molecule has 0 saturated carbocycles. The first-order valence-electron chi connectivity index (χ1n) is 6.39. The summed E-state index contributed by atoms with van der Waals surface area (Å²) in [6.07, 6.45) is 5.77. The third-order valence-corrected chi connectivity index (χ3v) is 3.73. The summed E-state index contributed by atoms with van der Waals surface area (Å²) < 4.78 is 1.80. The Bertz CT molecular complexity index is 591. The molecule has 2 aromatic rings. The van der Waals surface area contributed by atoms with Crippen LogP contribution in [0.15, 0.2) is 23.6 Å². The minimum absolute atomic E-state index is 0. The monoisotopic (exact) mass is 420 g/mol. The van der Waals surface area contributed by atoms with Gasteiger partial charge in [0.2, 0.25) is 0 Å². The Hall–Kier alpha value is -1.16. The summed E-state index contributed by atoms with van der Waals surface area (Å²) in [5, 5.41) is 8.56. The Morgan fingerprint density at radius 2 is 2.24 bits per heavy atom. The fraction of sp³-hybridized carbons (Fsp3) is 0.462. The molecule has 0 bridgehead atoms. The summed E-state index contributed by atoms with van der Waals surface area (Å²) in [4.78, 5) is 11.9. The standard InChI is InChI=1S/C13H20N6S.HI/c1-10-5-15-12(20-10)7-16-13(14-2)18(3)8-11-6-17-19(4)9-11;/h5-6,9H,7-8H2,1-4H3,(H,14,16);1H. The van der Waals surface area contributed by atoms with Crippen LogP contribution in [0.5, 0.6) is 0 Å². The number of thiazole rings is 1. The van der Waals surface area contributed by atoms with E-state index in [0.717, 1.165) is 23.1 Å². The maximum Gasteiger partial charge on any atom is 0.194 e. The van der Waals surface area contributed by atoms with Crippen molar-refractivity contribution in [1.29, 1.82) is 0 Å². The number of nitrogens with one attached hydrogen (secondary N) is 1. The van der Waals surface area contributed by atoms with Crippen molar-refractivity contribution >= 4 is 41.3 Å². The van der Waals surface area contributed by atoms with Crippen molar-refractivity contribution < 1.29 is 0 Å². The molecule has 1 N–H and O–H groups in total. The van der Waals surface area contributed by atoms with Gasteiger partial charge in [-0.3, -0.25) is 9.67 Å². The largest absolute Gasteiger partial charge is 0.350 e. The SMILES string of the molecule is CN=C(NCc1ncc(C)s1)N(C)Cc1cnn(C)c1.I. The number of rotatable bonds is 4. The number of halogens is 1. The predicted octanol–water partition coefficient (Wildman–Crippen LogP) is 2.01. The molecule has 0 saturated heterocycles. The molecule has 2 aromatic heterocycles. The molecule has 0 aliphatic rings. The van der Waals surface area contributed by atoms with Crippen LogP contribution in [0.1, 0.15) is 15.4 Å². The summed E-state index contributed by atoms with van der Waals surface area (Å²) in [5.74, 6) is 0.849. The van der Waals surface area contributed by atoms with Crippen molar-refractivity contribution in [3.63, 3.8) is 0 Å². The molecule has 0 aliphatic carbocycles. The van der Waals surface area contributed by atoms with Crippen LogP contribution in [0.2, 0.25) is 0 Å². The van der Waals surface area contributed by atoms with E-state index in [2.05, 4.69) is 32.2 Å². The summed E-state index contributed by atoms with van der Waals surface area (Å²) in [6, 6.07) is 0. The molecule has 6 nitrogen and oxygen atoms in total. The van der Waals surface area contributed by atoms with Gasteiger partial charge in [0.05, 0.1) is 12.7 Å². The molecule has 21 heavy (non-hydrogen) atoms. The van der Waals surface area contributed by atoms with Crippen LogP contribution < -0.4 is 5.32 Å². The third kappa shape index (κ3) is 5.27. The van der Waals surface area contributed by atoms with E-state index in [0.29, 0.717) is 6.54 Å². The molecule has 116 valence electrons. The van der Waals surface area contributed by atoms with E-state index in [1.54, 1.807) is 23.1 Å². The quantitative estimate of drug-likeness (QED) is 0.467. The number of aliphatic imine (C=N–C) groups is 1. The molecule has 0 unspecified atom stereocenters. The third-order valence-electron chi connectivity index (χ3n) is 2.82. The molecule has 0 aliphatic heterocycles. The molecule has 0 aromatic carbocycles. The molecular weight excluding hydrogens is 399 g/mol. The Morgan fingerprint density at radius 3 is 2.76 bits per heavy atom. The van der Waals surface area contributed by atoms with E-state index in [1.165, 1.54) is 4.88 Å². The van der Waals surface area contributed by atoms with Gasteiger partial charge in [0.15, 0.2) is 5.96 Å². The zero-order valence-corrected chi connectivity index (χ0v) is 15.8. The van der Waals surface area contributed by atoms with Gasteiger partial charge in [0.1, 0.15) is 5.01 Å². The van der Waals surface area contributed by atoms with Crippen molar-refractivity contribution in [1.82, 2.24) is 25.0 Å². The van der Waals surface area contributed by atoms with E-state index in [4.69, 9.17) is 0 Å². The summed E-state index contributed by atoms with van der Waals surface area (Å²) in [5.41, 5.74) is 1.16. The van der Waals surface area contributed by atoms with Gasteiger partial charge < -0.3 is 10.2 Å². The molecule has 0 radical (unpaired) electrons. The average molecular weight is 420 g/mol. The van der Waals surface area contributed by atoms with Crippen LogP contribution in [0, 0.1) is 6.92 Å². The molecule has 0 fully saturated rings. The fourth-order valence-electron chi connectivity index (χ4n) is 1.92. The molecule has 2 heterocycles. The second-order valence-corrected chi connectivity index (χ2v) is 5.96. The number of hydrogen-bond donors (Lipinski definition) is 1. The number of aromatic nitrogens is 3. The minimum atomic E-state index is 0. The van der Waals surface area contributed by atoms with Gasteiger partial charge in [-0.2, -0.15) is 5.10 Å². The topological polar surface area (TPSA) is 58.3 Å². The first kappa shape index (κ1) is 17.9. The van der Waals surface area contributed by atoms with Crippen molar-refractivity contribution in [3.8, 4) is 0 Å². The maximum absolute atomic E-state index is 4.34. The first-order chi connectivity index (χ1) is 9.58. The zero-order valence-electron chi connectivity index (χ0n) is 12.7. The lowest BCUT2D eigenvalue weighted by Crippen LogP contribution is -2.37. The van der Waals surface area contributed by atoms with Gasteiger partial charge in [-0.1, -0.05) is 0 Å². The normalized spacial score (nSPS) is 11.1. The van der Waals surface area contributed by atoms with Gasteiger partial charge >= 0.3 is 0 Å². The maximum atomic E-state index is 4.34. The number of hydrogen-bond acceptors (Lipinski definition) is 4. The van der Waals surface area contributed by atoms with Crippen LogP contribution in [0.3, 0.4) is 0 Å². The molecule has 0 spiro atoms. The van der Waals surface area contributed by atoms with E-state index in [9.17, 15) is 0 Å². The van der Waals surface area contributed by atoms with Crippen LogP contribution >= 0.6 is 35.3 Å². The Morgan fingerprint density at radius 1 is 1.48 bits per heavy atom. The van der Waals surface area contributed by atoms with Crippen LogP contribution in [-0.2, 0) is 20.1 Å². The van der Waals surface area contributed by atoms with Crippen molar-refractivity contribution in [3.05, 3.63) is 34.0 Å². The lowest BCUT2D eigenvalue weighted by Gasteiger charge is -2.21. The minimum Gasteiger partial charge on any atom is -0.350 e. The second kappa shape index (κ2) is 8.32. The highest BCUT2D eigenvalue weighted by Crippen LogP contribution is 2.10. The molecular formula is C13H21IN6S. The Kier molecular flexibility index (Phi) is 7.09. The average Bonchev–Trinajstić information content (AvgIpc) is 2.99. The number of aryl methyl sites for hydroxylation is 2. The Balaban J connectivity index is 0.00000220. The lowest BCUT2D eigenvalue weighted by molar-refractivity contribution is 0.476. The molecule has 2 rings (SSSR count). The number of nitrogens with zero attached hydrogens (tertiary/aromatic N) is 5. The van der Waals surface area contributed by atoms with Crippen LogP contribution in [-0.4, -0.2) is 39.7 Å². The summed E-state index contributed by atoms with van der Waals surface area (Å²) in [6.45, 7) is 3.53. The van der Waals surface area contributed by atoms with Gasteiger partial charge in [0, 0.05) is 50.5 Å². The summed E-state index contributed by atoms with van der Waals surface area (Å²) >= 11 is 1.70. The molecule has 8 heteroatoms. The number of guanidine groups is 1. The lowest BCUT2D eigenvalue weighted by atomic mass is 10.3. The summed E-state index contributed by atoms with van der Waals surface area (Å²) in [7, 11) is 5.71. The highest BCUT2D eigenvalue weighted by atomic mass is 127. The molecule has 0 atom stereocenters. The Labute approximate surface area is 146 Å². The second-order valence-electron chi connectivity index (χ2n) is 4.64. The highest BCUT2D eigenvalue weighted by Gasteiger charge is 2.08. The van der Waals surface area contributed by atoms with Crippen LogP contribution in [0.25, 0.3) is 0 Å². The van der Waals surface area contributed by atoms with Gasteiger partial charge in [-0.25, -0.2) is 4.98 Å². The van der Waals surface area contributed by atoms with Crippen LogP contribution in [0.4, 0.5) is 0 Å². The van der Waals surface area contributed by atoms with Gasteiger partial charge in [-0.05, 0) is 6.92 Å². The van der Waals surface area contributed by atoms with Crippen molar-refractivity contribution in [2.24, 2.45) is 12.0 Å². The smallest absolute Gasteiger partial charge is 0.194 e. The van der Waals surface area contributed by atoms with Gasteiger partial charge in [-0.15, -0.1) is 35.3 Å². The van der Waals surface area contributed by atoms with E-state index >= 15 is 0 Å². The van der Waals surface area contributed by atoms with E-state index in [1.807, 2.05) is 32.7 Å². The van der Waals surface area contributed by atoms with Gasteiger partial charge in [0.25, 0.3) is 0 Å². The van der Waals surface area contributed by atoms with E-state index < -0.39 is 0 Å². The van der Waals surface area contributed by atoms with Crippen molar-refractivity contribution in [2.45, 2.75) is 20.0 Å². The van der Waals surface area contributed by atoms with Crippen molar-refractivity contribution in [2.75, 3.05) is 14.1 Å². The first-order valence-corrected chi connectivity index (χ1v) is 7.20. The molecule has 0 amide bonds. The zero-order chi connectivity index (χ0) is 14.5. The van der Waals surface area contributed by atoms with E-state index in [-0.39, 0.29) is 24.0 Å². The highest BCUT2D eigenvalue weighted by molar-refractivity contribution is 14.0. The predicted molar refractivity (Wildman–Crippen MR) is 97.1 cm³/mol. The fourth-order valence-corrected chi connectivity index (χ4v) is 2.65.